The number of carbonyl (C=O) groups is 3. The molecule has 6 heteroatoms. The number of amides is 3. The zero-order valence-corrected chi connectivity index (χ0v) is 6.42. The number of hydrogen-bond donors (Lipinski definition) is 3. The molecule has 1 fully saturated rings. The molecule has 0 aromatic rings. The summed E-state index contributed by atoms with van der Waals surface area (Å²) in [5.74, 6) is -1.22. The van der Waals surface area contributed by atoms with E-state index in [2.05, 4.69) is 5.32 Å². The van der Waals surface area contributed by atoms with Crippen molar-refractivity contribution < 1.29 is 19.3 Å². The molecule has 6 nitrogen and oxygen atoms in total. The maximum Gasteiger partial charge on any atom is 0.281 e. The van der Waals surface area contributed by atoms with Gasteiger partial charge in [0.25, 0.3) is 17.7 Å². The van der Waals surface area contributed by atoms with Crippen molar-refractivity contribution >= 4 is 17.7 Å². The van der Waals surface area contributed by atoms with Gasteiger partial charge in [0.2, 0.25) is 0 Å². The Kier molecular flexibility index (Phi) is 2.39. The predicted octanol–water partition coefficient (Wildman–Crippen LogP) is -3.99. The molecular weight excluding hydrogens is 162 g/mol. The van der Waals surface area contributed by atoms with Gasteiger partial charge < -0.3 is 10.6 Å². The van der Waals surface area contributed by atoms with Gasteiger partial charge in [0.15, 0.2) is 19.6 Å². The Balaban J connectivity index is 2.49. The average Bonchev–Trinajstić information content (AvgIpc) is 1.81. The van der Waals surface area contributed by atoms with Crippen LogP contribution in [0.25, 0.3) is 0 Å². The van der Waals surface area contributed by atoms with Crippen molar-refractivity contribution in [3.63, 3.8) is 0 Å². The SMILES string of the molecule is NC(=O)C[NH+]1CC(=O)NC(=O)C1. The van der Waals surface area contributed by atoms with Gasteiger partial charge in [-0.2, -0.15) is 0 Å². The van der Waals surface area contributed by atoms with E-state index in [-0.39, 0.29) is 31.4 Å². The summed E-state index contributed by atoms with van der Waals surface area (Å²) in [5.41, 5.74) is 4.91. The fraction of sp³-hybridized carbons (Fsp3) is 0.500. The first-order chi connectivity index (χ1) is 5.58. The van der Waals surface area contributed by atoms with Gasteiger partial charge in [0, 0.05) is 0 Å². The lowest BCUT2D eigenvalue weighted by molar-refractivity contribution is -0.877. The molecule has 4 N–H and O–H groups in total. The van der Waals surface area contributed by atoms with Crippen LogP contribution in [0.1, 0.15) is 0 Å². The number of nitrogens with one attached hydrogen (secondary N) is 2. The van der Waals surface area contributed by atoms with Gasteiger partial charge in [-0.15, -0.1) is 0 Å². The van der Waals surface area contributed by atoms with Crippen LogP contribution in [-0.4, -0.2) is 37.4 Å². The number of carbonyl (C=O) groups excluding carboxylic acids is 3. The van der Waals surface area contributed by atoms with Crippen molar-refractivity contribution in [1.82, 2.24) is 5.32 Å². The summed E-state index contributed by atoms with van der Waals surface area (Å²) >= 11 is 0. The molecule has 0 saturated carbocycles. The third-order valence-corrected chi connectivity index (χ3v) is 1.52. The first-order valence-corrected chi connectivity index (χ1v) is 3.52. The van der Waals surface area contributed by atoms with Crippen LogP contribution in [0.2, 0.25) is 0 Å². The summed E-state index contributed by atoms with van der Waals surface area (Å²) in [4.78, 5) is 32.6. The third-order valence-electron chi connectivity index (χ3n) is 1.52. The molecule has 0 aliphatic carbocycles. The second kappa shape index (κ2) is 3.31. The van der Waals surface area contributed by atoms with Crippen LogP contribution in [0.4, 0.5) is 0 Å². The van der Waals surface area contributed by atoms with E-state index in [1.807, 2.05) is 0 Å². The number of primary amides is 1. The number of rotatable bonds is 2. The molecule has 66 valence electrons. The van der Waals surface area contributed by atoms with Crippen LogP contribution in [0, 0.1) is 0 Å². The van der Waals surface area contributed by atoms with Gasteiger partial charge in [-0.3, -0.25) is 19.7 Å². The first-order valence-electron chi connectivity index (χ1n) is 3.52. The molecule has 0 radical (unpaired) electrons. The van der Waals surface area contributed by atoms with Gasteiger partial charge in [-0.05, 0) is 0 Å². The fourth-order valence-electron chi connectivity index (χ4n) is 1.13. The van der Waals surface area contributed by atoms with Crippen LogP contribution in [0.15, 0.2) is 0 Å². The molecule has 1 aliphatic rings. The molecule has 0 atom stereocenters. The molecule has 0 unspecified atom stereocenters. The van der Waals surface area contributed by atoms with Crippen LogP contribution < -0.4 is 16.0 Å². The quantitative estimate of drug-likeness (QED) is 0.371. The molecule has 0 aromatic heterocycles. The molecule has 12 heavy (non-hydrogen) atoms. The molecule has 3 amide bonds. The van der Waals surface area contributed by atoms with E-state index in [9.17, 15) is 14.4 Å². The van der Waals surface area contributed by atoms with Gasteiger partial charge >= 0.3 is 0 Å². The van der Waals surface area contributed by atoms with Crippen LogP contribution in [-0.2, 0) is 14.4 Å². The fourth-order valence-corrected chi connectivity index (χ4v) is 1.13. The normalized spacial score (nSPS) is 19.0. The minimum atomic E-state index is -0.507. The summed E-state index contributed by atoms with van der Waals surface area (Å²) < 4.78 is 0. The molecular formula is C6H10N3O3+. The monoisotopic (exact) mass is 172 g/mol. The summed E-state index contributed by atoms with van der Waals surface area (Å²) in [6.45, 7) is 0.294. The summed E-state index contributed by atoms with van der Waals surface area (Å²) in [6.07, 6.45) is 0. The zero-order chi connectivity index (χ0) is 9.14. The molecule has 1 rings (SSSR count). The van der Waals surface area contributed by atoms with Crippen molar-refractivity contribution in [2.75, 3.05) is 19.6 Å². The highest BCUT2D eigenvalue weighted by molar-refractivity contribution is 5.97. The Morgan fingerprint density at radius 1 is 1.42 bits per heavy atom. The highest BCUT2D eigenvalue weighted by atomic mass is 16.2. The van der Waals surface area contributed by atoms with Crippen molar-refractivity contribution in [3.8, 4) is 0 Å². The van der Waals surface area contributed by atoms with Gasteiger partial charge in [-0.25, -0.2) is 0 Å². The maximum absolute atomic E-state index is 10.8. The van der Waals surface area contributed by atoms with Crippen molar-refractivity contribution in [3.05, 3.63) is 0 Å². The van der Waals surface area contributed by atoms with Gasteiger partial charge in [0.05, 0.1) is 0 Å². The van der Waals surface area contributed by atoms with Crippen molar-refractivity contribution in [2.24, 2.45) is 5.73 Å². The Morgan fingerprint density at radius 2 is 1.92 bits per heavy atom. The number of nitrogens with two attached hydrogens (primary N) is 1. The Hall–Kier alpha value is -1.43. The van der Waals surface area contributed by atoms with Crippen LogP contribution in [0.5, 0.6) is 0 Å². The topological polar surface area (TPSA) is 93.7 Å². The summed E-state index contributed by atoms with van der Waals surface area (Å²) in [5, 5.41) is 2.13. The highest BCUT2D eigenvalue weighted by Crippen LogP contribution is 1.69. The Bertz CT molecular complexity index is 219. The summed E-state index contributed by atoms with van der Waals surface area (Å²) in [7, 11) is 0. The third kappa shape index (κ3) is 2.31. The minimum Gasteiger partial charge on any atom is -0.365 e. The largest absolute Gasteiger partial charge is 0.365 e. The van der Waals surface area contributed by atoms with Crippen LogP contribution >= 0.6 is 0 Å². The van der Waals surface area contributed by atoms with E-state index >= 15 is 0 Å². The number of imide groups is 1. The van der Waals surface area contributed by atoms with Gasteiger partial charge in [0.1, 0.15) is 0 Å². The second-order valence-electron chi connectivity index (χ2n) is 2.72. The number of quaternary nitrogens is 1. The van der Waals surface area contributed by atoms with E-state index in [1.165, 1.54) is 0 Å². The molecule has 0 spiro atoms. The molecule has 1 heterocycles. The lowest BCUT2D eigenvalue weighted by Crippen LogP contribution is -3.17. The molecule has 0 bridgehead atoms. The average molecular weight is 172 g/mol. The standard InChI is InChI=1S/C6H9N3O3/c7-4(10)1-9-2-5(11)8-6(12)3-9/h1-3H2,(H2,7,10)(H,8,11,12)/p+1. The van der Waals surface area contributed by atoms with Gasteiger partial charge in [-0.1, -0.05) is 0 Å². The zero-order valence-electron chi connectivity index (χ0n) is 6.42. The van der Waals surface area contributed by atoms with E-state index in [0.717, 1.165) is 0 Å². The number of hydrogen-bond acceptors (Lipinski definition) is 3. The first kappa shape index (κ1) is 8.66. The Labute approximate surface area is 68.7 Å². The molecule has 1 aliphatic heterocycles. The van der Waals surface area contributed by atoms with E-state index in [1.54, 1.807) is 0 Å². The Morgan fingerprint density at radius 3 is 2.33 bits per heavy atom. The predicted molar refractivity (Wildman–Crippen MR) is 37.9 cm³/mol. The minimum absolute atomic E-state index is 0.0269. The number of piperazine rings is 1. The molecule has 0 aromatic carbocycles. The van der Waals surface area contributed by atoms with Crippen molar-refractivity contribution in [1.29, 1.82) is 0 Å². The van der Waals surface area contributed by atoms with E-state index < -0.39 is 5.91 Å². The highest BCUT2D eigenvalue weighted by Gasteiger charge is 2.26. The lowest BCUT2D eigenvalue weighted by atomic mass is 10.3. The van der Waals surface area contributed by atoms with Crippen LogP contribution in [0.3, 0.4) is 0 Å². The second-order valence-corrected chi connectivity index (χ2v) is 2.72. The smallest absolute Gasteiger partial charge is 0.281 e. The molecule has 1 saturated heterocycles. The summed E-state index contributed by atoms with van der Waals surface area (Å²) in [6, 6.07) is 0. The van der Waals surface area contributed by atoms with E-state index in [0.29, 0.717) is 4.90 Å². The van der Waals surface area contributed by atoms with E-state index in [4.69, 9.17) is 5.73 Å². The van der Waals surface area contributed by atoms with Crippen molar-refractivity contribution in [2.45, 2.75) is 0 Å². The lowest BCUT2D eigenvalue weighted by Gasteiger charge is -2.20. The maximum atomic E-state index is 10.8.